The SMILES string of the molecule is CC([C]=O)N1CCC(CCc2ccccc2)CC1. The fourth-order valence-electron chi connectivity index (χ4n) is 2.72. The third-order valence-electron chi connectivity index (χ3n) is 4.05. The third kappa shape index (κ3) is 3.67. The van der Waals surface area contributed by atoms with E-state index in [0.717, 1.165) is 19.0 Å². The first-order valence-electron chi connectivity index (χ1n) is 6.95. The topological polar surface area (TPSA) is 20.3 Å². The molecule has 1 atom stereocenters. The molecule has 1 aliphatic rings. The second kappa shape index (κ2) is 6.69. The number of hydrogen-bond acceptors (Lipinski definition) is 2. The van der Waals surface area contributed by atoms with Crippen LogP contribution < -0.4 is 0 Å². The molecule has 2 heteroatoms. The molecule has 97 valence electrons. The molecule has 2 rings (SSSR count). The fourth-order valence-corrected chi connectivity index (χ4v) is 2.72. The molecule has 0 N–H and O–H groups in total. The van der Waals surface area contributed by atoms with Crippen LogP contribution in [0.1, 0.15) is 31.7 Å². The minimum atomic E-state index is -0.0277. The summed E-state index contributed by atoms with van der Waals surface area (Å²) in [6.07, 6.45) is 6.98. The maximum absolute atomic E-state index is 10.6. The third-order valence-corrected chi connectivity index (χ3v) is 4.05. The van der Waals surface area contributed by atoms with Gasteiger partial charge in [0.25, 0.3) is 0 Å². The molecule has 1 fully saturated rings. The van der Waals surface area contributed by atoms with E-state index in [0.29, 0.717) is 0 Å². The van der Waals surface area contributed by atoms with Crippen LogP contribution in [-0.4, -0.2) is 30.3 Å². The molecule has 0 saturated carbocycles. The number of likely N-dealkylation sites (tertiary alicyclic amines) is 1. The Hall–Kier alpha value is -1.15. The molecule has 18 heavy (non-hydrogen) atoms. The second-order valence-electron chi connectivity index (χ2n) is 5.30. The van der Waals surface area contributed by atoms with E-state index >= 15 is 0 Å². The predicted octanol–water partition coefficient (Wildman–Crippen LogP) is 2.83. The van der Waals surface area contributed by atoms with Crippen molar-refractivity contribution in [1.29, 1.82) is 0 Å². The Morgan fingerprint density at radius 3 is 2.56 bits per heavy atom. The Morgan fingerprint density at radius 1 is 1.28 bits per heavy atom. The smallest absolute Gasteiger partial charge is 0.216 e. The van der Waals surface area contributed by atoms with Crippen LogP contribution in [0.3, 0.4) is 0 Å². The number of nitrogens with zero attached hydrogens (tertiary/aromatic N) is 1. The van der Waals surface area contributed by atoms with Crippen LogP contribution in [0, 0.1) is 5.92 Å². The molecular formula is C16H22NO. The van der Waals surface area contributed by atoms with Gasteiger partial charge in [-0.3, -0.25) is 9.69 Å². The number of hydrogen-bond donors (Lipinski definition) is 0. The van der Waals surface area contributed by atoms with Gasteiger partial charge in [0.05, 0.1) is 6.04 Å². The van der Waals surface area contributed by atoms with Crippen molar-refractivity contribution in [2.24, 2.45) is 5.92 Å². The van der Waals surface area contributed by atoms with Gasteiger partial charge in [-0.05, 0) is 57.2 Å². The molecule has 1 heterocycles. The van der Waals surface area contributed by atoms with E-state index in [4.69, 9.17) is 0 Å². The summed E-state index contributed by atoms with van der Waals surface area (Å²) < 4.78 is 0. The van der Waals surface area contributed by atoms with Crippen LogP contribution in [0.15, 0.2) is 30.3 Å². The minimum absolute atomic E-state index is 0.0277. The Morgan fingerprint density at radius 2 is 1.94 bits per heavy atom. The first-order valence-corrected chi connectivity index (χ1v) is 6.95. The molecule has 0 aromatic heterocycles. The normalized spacial score (nSPS) is 19.6. The average molecular weight is 244 g/mol. The van der Waals surface area contributed by atoms with E-state index in [2.05, 4.69) is 41.5 Å². The highest BCUT2D eigenvalue weighted by Gasteiger charge is 2.22. The summed E-state index contributed by atoms with van der Waals surface area (Å²) in [5, 5.41) is 0. The van der Waals surface area contributed by atoms with Crippen LogP contribution in [0.5, 0.6) is 0 Å². The van der Waals surface area contributed by atoms with E-state index < -0.39 is 0 Å². The van der Waals surface area contributed by atoms with Gasteiger partial charge < -0.3 is 0 Å². The van der Waals surface area contributed by atoms with Crippen molar-refractivity contribution in [3.8, 4) is 0 Å². The summed E-state index contributed by atoms with van der Waals surface area (Å²) in [5.41, 5.74) is 1.44. The quantitative estimate of drug-likeness (QED) is 0.794. The zero-order valence-electron chi connectivity index (χ0n) is 11.1. The van der Waals surface area contributed by atoms with Crippen LogP contribution in [0.2, 0.25) is 0 Å². The maximum Gasteiger partial charge on any atom is 0.216 e. The molecule has 1 aromatic carbocycles. The molecule has 1 saturated heterocycles. The molecule has 0 amide bonds. The Balaban J connectivity index is 1.72. The summed E-state index contributed by atoms with van der Waals surface area (Å²) >= 11 is 0. The summed E-state index contributed by atoms with van der Waals surface area (Å²) in [7, 11) is 0. The number of carbonyl (C=O) groups excluding carboxylic acids is 1. The lowest BCUT2D eigenvalue weighted by Gasteiger charge is -2.33. The van der Waals surface area contributed by atoms with Gasteiger partial charge in [0.2, 0.25) is 6.29 Å². The lowest BCUT2D eigenvalue weighted by molar-refractivity contribution is 0.163. The van der Waals surface area contributed by atoms with Crippen molar-refractivity contribution < 1.29 is 4.79 Å². The molecule has 1 aliphatic heterocycles. The van der Waals surface area contributed by atoms with Gasteiger partial charge in [0.15, 0.2) is 0 Å². The summed E-state index contributed by atoms with van der Waals surface area (Å²) in [6.45, 7) is 4.04. The monoisotopic (exact) mass is 244 g/mol. The average Bonchev–Trinajstić information content (AvgIpc) is 2.46. The van der Waals surface area contributed by atoms with Crippen molar-refractivity contribution in [2.75, 3.05) is 13.1 Å². The first-order chi connectivity index (χ1) is 8.79. The zero-order chi connectivity index (χ0) is 12.8. The largest absolute Gasteiger partial charge is 0.293 e. The molecule has 2 nitrogen and oxygen atoms in total. The van der Waals surface area contributed by atoms with E-state index in [9.17, 15) is 4.79 Å². The van der Waals surface area contributed by atoms with Crippen LogP contribution in [-0.2, 0) is 11.2 Å². The highest BCUT2D eigenvalue weighted by atomic mass is 16.1. The molecular weight excluding hydrogens is 222 g/mol. The van der Waals surface area contributed by atoms with Crippen molar-refractivity contribution in [3.63, 3.8) is 0 Å². The summed E-state index contributed by atoms with van der Waals surface area (Å²) in [5.74, 6) is 0.820. The Labute approximate surface area is 110 Å². The lowest BCUT2D eigenvalue weighted by Crippen LogP contribution is -2.40. The van der Waals surface area contributed by atoms with E-state index in [-0.39, 0.29) is 6.04 Å². The van der Waals surface area contributed by atoms with Crippen molar-refractivity contribution >= 4 is 6.29 Å². The van der Waals surface area contributed by atoms with Gasteiger partial charge >= 0.3 is 0 Å². The molecule has 1 radical (unpaired) electrons. The Kier molecular flexibility index (Phi) is 4.94. The number of aryl methyl sites for hydroxylation is 1. The van der Waals surface area contributed by atoms with Crippen LogP contribution in [0.25, 0.3) is 0 Å². The van der Waals surface area contributed by atoms with Gasteiger partial charge in [-0.15, -0.1) is 0 Å². The number of benzene rings is 1. The first kappa shape index (κ1) is 13.3. The molecule has 0 aliphatic carbocycles. The van der Waals surface area contributed by atoms with E-state index in [1.165, 1.54) is 31.2 Å². The standard InChI is InChI=1S/C16H22NO/c1-14(13-18)17-11-9-16(10-12-17)8-7-15-5-3-2-4-6-15/h2-6,14,16H,7-12H2,1H3. The number of rotatable bonds is 5. The Bertz CT molecular complexity index is 355. The highest BCUT2D eigenvalue weighted by molar-refractivity contribution is 5.57. The molecule has 0 bridgehead atoms. The summed E-state index contributed by atoms with van der Waals surface area (Å²) in [6, 6.07) is 10.7. The zero-order valence-corrected chi connectivity index (χ0v) is 11.1. The predicted molar refractivity (Wildman–Crippen MR) is 74.2 cm³/mol. The van der Waals surface area contributed by atoms with Crippen LogP contribution >= 0.6 is 0 Å². The van der Waals surface area contributed by atoms with Gasteiger partial charge in [0.1, 0.15) is 0 Å². The van der Waals surface area contributed by atoms with E-state index in [1.807, 2.05) is 6.92 Å². The van der Waals surface area contributed by atoms with Crippen molar-refractivity contribution in [1.82, 2.24) is 4.90 Å². The summed E-state index contributed by atoms with van der Waals surface area (Å²) in [4.78, 5) is 12.9. The lowest BCUT2D eigenvalue weighted by atomic mass is 9.90. The molecule has 1 aromatic rings. The second-order valence-corrected chi connectivity index (χ2v) is 5.30. The van der Waals surface area contributed by atoms with Crippen molar-refractivity contribution in [3.05, 3.63) is 35.9 Å². The molecule has 0 spiro atoms. The maximum atomic E-state index is 10.6. The molecule has 1 unspecified atom stereocenters. The van der Waals surface area contributed by atoms with Crippen molar-refractivity contribution in [2.45, 2.75) is 38.6 Å². The van der Waals surface area contributed by atoms with Gasteiger partial charge in [-0.2, -0.15) is 0 Å². The number of piperidine rings is 1. The van der Waals surface area contributed by atoms with Gasteiger partial charge in [-0.1, -0.05) is 30.3 Å². The van der Waals surface area contributed by atoms with E-state index in [1.54, 1.807) is 0 Å². The minimum Gasteiger partial charge on any atom is -0.293 e. The van der Waals surface area contributed by atoms with Gasteiger partial charge in [0, 0.05) is 0 Å². The fraction of sp³-hybridized carbons (Fsp3) is 0.562. The van der Waals surface area contributed by atoms with Crippen LogP contribution in [0.4, 0.5) is 0 Å². The van der Waals surface area contributed by atoms with Gasteiger partial charge in [-0.25, -0.2) is 0 Å². The highest BCUT2D eigenvalue weighted by Crippen LogP contribution is 2.23.